The fourth-order valence-electron chi connectivity index (χ4n) is 2.76. The van der Waals surface area contributed by atoms with E-state index >= 15 is 0 Å². The van der Waals surface area contributed by atoms with E-state index in [0.29, 0.717) is 0 Å². The van der Waals surface area contributed by atoms with E-state index < -0.39 is 0 Å². The molecule has 0 nitrogen and oxygen atoms in total. The van der Waals surface area contributed by atoms with Gasteiger partial charge in [-0.25, -0.2) is 4.39 Å². The Morgan fingerprint density at radius 2 is 1.67 bits per heavy atom. The molecule has 0 aliphatic heterocycles. The fourth-order valence-corrected chi connectivity index (χ4v) is 2.76. The summed E-state index contributed by atoms with van der Waals surface area (Å²) in [6.45, 7) is 2.32. The van der Waals surface area contributed by atoms with Crippen molar-refractivity contribution in [2.24, 2.45) is 5.92 Å². The Bertz CT molecular complexity index is 554. The van der Waals surface area contributed by atoms with E-state index in [1.165, 1.54) is 48.1 Å². The van der Waals surface area contributed by atoms with Crippen molar-refractivity contribution in [1.82, 2.24) is 0 Å². The van der Waals surface area contributed by atoms with Crippen LogP contribution < -0.4 is 0 Å². The molecule has 18 heavy (non-hydrogen) atoms. The van der Waals surface area contributed by atoms with Crippen LogP contribution in [0, 0.1) is 11.7 Å². The zero-order valence-corrected chi connectivity index (χ0v) is 10.6. The van der Waals surface area contributed by atoms with Crippen LogP contribution in [-0.2, 0) is 12.8 Å². The maximum absolute atomic E-state index is 12.9. The number of benzene rings is 2. The molecule has 1 aliphatic rings. The molecular weight excluding hydrogens is 223 g/mol. The lowest BCUT2D eigenvalue weighted by molar-refractivity contribution is 0.501. The SMILES string of the molecule is CC1CCc2cc(-c3ccc(F)cc3)ccc2C1. The molecule has 3 rings (SSSR count). The van der Waals surface area contributed by atoms with Crippen molar-refractivity contribution in [2.45, 2.75) is 26.2 Å². The molecule has 0 spiro atoms. The minimum Gasteiger partial charge on any atom is -0.207 e. The molecule has 0 saturated carbocycles. The van der Waals surface area contributed by atoms with Crippen molar-refractivity contribution in [3.05, 3.63) is 59.4 Å². The lowest BCUT2D eigenvalue weighted by Crippen LogP contribution is -2.11. The van der Waals surface area contributed by atoms with Crippen molar-refractivity contribution in [2.75, 3.05) is 0 Å². The van der Waals surface area contributed by atoms with Crippen LogP contribution in [0.15, 0.2) is 42.5 Å². The highest BCUT2D eigenvalue weighted by atomic mass is 19.1. The molecule has 0 N–H and O–H groups in total. The van der Waals surface area contributed by atoms with Crippen LogP contribution in [0.25, 0.3) is 11.1 Å². The van der Waals surface area contributed by atoms with Crippen LogP contribution in [-0.4, -0.2) is 0 Å². The first kappa shape index (κ1) is 11.5. The Labute approximate surface area is 107 Å². The summed E-state index contributed by atoms with van der Waals surface area (Å²) in [7, 11) is 0. The molecule has 0 aromatic heterocycles. The second-order valence-corrected chi connectivity index (χ2v) is 5.34. The molecule has 1 unspecified atom stereocenters. The Kier molecular flexibility index (Phi) is 2.91. The van der Waals surface area contributed by atoms with Gasteiger partial charge in [-0.05, 0) is 59.6 Å². The fraction of sp³-hybridized carbons (Fsp3) is 0.294. The first-order valence-electron chi connectivity index (χ1n) is 6.60. The zero-order valence-electron chi connectivity index (χ0n) is 10.6. The molecule has 0 fully saturated rings. The van der Waals surface area contributed by atoms with Crippen molar-refractivity contribution in [1.29, 1.82) is 0 Å². The van der Waals surface area contributed by atoms with E-state index in [2.05, 4.69) is 25.1 Å². The first-order valence-corrected chi connectivity index (χ1v) is 6.60. The van der Waals surface area contributed by atoms with Gasteiger partial charge >= 0.3 is 0 Å². The standard InChI is InChI=1S/C17H17F/c1-12-2-3-16-11-15(5-4-14(16)10-12)13-6-8-17(18)9-7-13/h4-9,11-12H,2-3,10H2,1H3. The number of aryl methyl sites for hydroxylation is 1. The highest BCUT2D eigenvalue weighted by Gasteiger charge is 2.15. The number of hydrogen-bond donors (Lipinski definition) is 0. The smallest absolute Gasteiger partial charge is 0.123 e. The van der Waals surface area contributed by atoms with E-state index in [9.17, 15) is 4.39 Å². The minimum absolute atomic E-state index is 0.175. The summed E-state index contributed by atoms with van der Waals surface area (Å²) in [6, 6.07) is 13.4. The quantitative estimate of drug-likeness (QED) is 0.682. The van der Waals surface area contributed by atoms with Crippen molar-refractivity contribution < 1.29 is 4.39 Å². The summed E-state index contributed by atoms with van der Waals surface area (Å²) in [4.78, 5) is 0. The van der Waals surface area contributed by atoms with Crippen LogP contribution in [0.5, 0.6) is 0 Å². The van der Waals surface area contributed by atoms with Crippen molar-refractivity contribution in [3.63, 3.8) is 0 Å². The monoisotopic (exact) mass is 240 g/mol. The molecule has 0 saturated heterocycles. The molecule has 1 aliphatic carbocycles. The van der Waals surface area contributed by atoms with E-state index in [0.717, 1.165) is 11.5 Å². The summed E-state index contributed by atoms with van der Waals surface area (Å²) in [6.07, 6.45) is 3.64. The van der Waals surface area contributed by atoms with Gasteiger partial charge < -0.3 is 0 Å². The Hall–Kier alpha value is -1.63. The molecule has 0 radical (unpaired) electrons. The highest BCUT2D eigenvalue weighted by Crippen LogP contribution is 2.29. The Balaban J connectivity index is 1.97. The lowest BCUT2D eigenvalue weighted by Gasteiger charge is -2.22. The van der Waals surface area contributed by atoms with Crippen LogP contribution in [0.2, 0.25) is 0 Å². The minimum atomic E-state index is -0.175. The van der Waals surface area contributed by atoms with Crippen molar-refractivity contribution in [3.8, 4) is 11.1 Å². The Morgan fingerprint density at radius 1 is 0.944 bits per heavy atom. The molecule has 2 aromatic rings. The summed E-state index contributed by atoms with van der Waals surface area (Å²) < 4.78 is 12.9. The second kappa shape index (κ2) is 4.56. The van der Waals surface area contributed by atoms with Gasteiger partial charge in [-0.15, -0.1) is 0 Å². The average molecular weight is 240 g/mol. The van der Waals surface area contributed by atoms with Gasteiger partial charge in [-0.1, -0.05) is 37.3 Å². The van der Waals surface area contributed by atoms with Gasteiger partial charge in [0.15, 0.2) is 0 Å². The normalized spacial score (nSPS) is 18.4. The summed E-state index contributed by atoms with van der Waals surface area (Å²) >= 11 is 0. The third-order valence-corrected chi connectivity index (χ3v) is 3.86. The van der Waals surface area contributed by atoms with Gasteiger partial charge in [0.1, 0.15) is 5.82 Å². The maximum atomic E-state index is 12.9. The van der Waals surface area contributed by atoms with Crippen molar-refractivity contribution >= 4 is 0 Å². The summed E-state index contributed by atoms with van der Waals surface area (Å²) in [5, 5.41) is 0. The largest absolute Gasteiger partial charge is 0.207 e. The third-order valence-electron chi connectivity index (χ3n) is 3.86. The summed E-state index contributed by atoms with van der Waals surface area (Å²) in [5.74, 6) is 0.625. The lowest BCUT2D eigenvalue weighted by atomic mass is 9.83. The Morgan fingerprint density at radius 3 is 2.44 bits per heavy atom. The predicted octanol–water partition coefficient (Wildman–Crippen LogP) is 4.62. The van der Waals surface area contributed by atoms with Crippen LogP contribution in [0.3, 0.4) is 0 Å². The molecule has 1 atom stereocenters. The molecule has 92 valence electrons. The number of rotatable bonds is 1. The third kappa shape index (κ3) is 2.17. The van der Waals surface area contributed by atoms with Crippen LogP contribution >= 0.6 is 0 Å². The number of hydrogen-bond acceptors (Lipinski definition) is 0. The molecule has 0 amide bonds. The number of halogens is 1. The van der Waals surface area contributed by atoms with Gasteiger partial charge in [-0.2, -0.15) is 0 Å². The number of fused-ring (bicyclic) bond motifs is 1. The van der Waals surface area contributed by atoms with Gasteiger partial charge in [-0.3, -0.25) is 0 Å². The van der Waals surface area contributed by atoms with E-state index in [-0.39, 0.29) is 5.82 Å². The van der Waals surface area contributed by atoms with Crippen LogP contribution in [0.1, 0.15) is 24.5 Å². The topological polar surface area (TPSA) is 0 Å². The van der Waals surface area contributed by atoms with E-state index in [1.807, 2.05) is 12.1 Å². The van der Waals surface area contributed by atoms with Gasteiger partial charge in [0, 0.05) is 0 Å². The maximum Gasteiger partial charge on any atom is 0.123 e. The van der Waals surface area contributed by atoms with Gasteiger partial charge in [0.25, 0.3) is 0 Å². The molecule has 1 heteroatoms. The zero-order chi connectivity index (χ0) is 12.5. The van der Waals surface area contributed by atoms with Gasteiger partial charge in [0.2, 0.25) is 0 Å². The predicted molar refractivity (Wildman–Crippen MR) is 73.0 cm³/mol. The molecule has 0 bridgehead atoms. The molecule has 2 aromatic carbocycles. The van der Waals surface area contributed by atoms with E-state index in [4.69, 9.17) is 0 Å². The van der Waals surface area contributed by atoms with E-state index in [1.54, 1.807) is 0 Å². The molecule has 0 heterocycles. The summed E-state index contributed by atoms with van der Waals surface area (Å²) in [5.41, 5.74) is 5.25. The van der Waals surface area contributed by atoms with Crippen LogP contribution in [0.4, 0.5) is 4.39 Å². The molecular formula is C17H17F. The average Bonchev–Trinajstić information content (AvgIpc) is 2.39. The van der Waals surface area contributed by atoms with Gasteiger partial charge in [0.05, 0.1) is 0 Å². The second-order valence-electron chi connectivity index (χ2n) is 5.34. The first-order chi connectivity index (χ1) is 8.72. The highest BCUT2D eigenvalue weighted by molar-refractivity contribution is 5.65.